The lowest BCUT2D eigenvalue weighted by atomic mass is 10.00. The van der Waals surface area contributed by atoms with E-state index >= 15 is 0 Å². The Kier molecular flexibility index (Phi) is 8.04. The summed E-state index contributed by atoms with van der Waals surface area (Å²) in [5.74, 6) is 0.514. The minimum Gasteiger partial charge on any atom is -0.410 e. The molecule has 7 heteroatoms. The summed E-state index contributed by atoms with van der Waals surface area (Å²) in [6, 6.07) is 3.48. The van der Waals surface area contributed by atoms with Crippen LogP contribution in [0.2, 0.25) is 0 Å². The van der Waals surface area contributed by atoms with E-state index in [2.05, 4.69) is 10.0 Å². The number of rotatable bonds is 9. The molecule has 136 valence electrons. The zero-order chi connectivity index (χ0) is 18.2. The molecule has 0 fully saturated rings. The molecule has 0 atom stereocenters. The van der Waals surface area contributed by atoms with Crippen LogP contribution in [-0.2, 0) is 22.9 Å². The first-order chi connectivity index (χ1) is 11.4. The molecule has 6 nitrogen and oxygen atoms in total. The van der Waals surface area contributed by atoms with Gasteiger partial charge in [-0.15, -0.1) is 0 Å². The van der Waals surface area contributed by atoms with Crippen molar-refractivity contribution >= 4 is 21.8 Å². The summed E-state index contributed by atoms with van der Waals surface area (Å²) in [6.07, 6.45) is 3.13. The number of carbonyl (C=O) groups is 1. The van der Waals surface area contributed by atoms with Crippen LogP contribution in [0.5, 0.6) is 5.75 Å². The molecule has 0 unspecified atom stereocenters. The van der Waals surface area contributed by atoms with Crippen molar-refractivity contribution < 1.29 is 17.9 Å². The normalized spacial score (nSPS) is 11.2. The van der Waals surface area contributed by atoms with E-state index in [1.165, 1.54) is 7.05 Å². The number of hydrogen-bond donors (Lipinski definition) is 2. The minimum atomic E-state index is -3.38. The first-order valence-corrected chi connectivity index (χ1v) is 10.1. The van der Waals surface area contributed by atoms with Crippen molar-refractivity contribution in [3.05, 3.63) is 23.3 Å². The number of sulfonamides is 1. The maximum Gasteiger partial charge on any atom is 0.412 e. The Morgan fingerprint density at radius 1 is 1.04 bits per heavy atom. The van der Waals surface area contributed by atoms with Gasteiger partial charge in [-0.2, -0.15) is 0 Å². The summed E-state index contributed by atoms with van der Waals surface area (Å²) in [5, 5.41) is 2.41. The Morgan fingerprint density at radius 2 is 1.58 bits per heavy atom. The maximum atomic E-state index is 12.2. The van der Waals surface area contributed by atoms with Crippen LogP contribution >= 0.6 is 0 Å². The Balaban J connectivity index is 3.34. The van der Waals surface area contributed by atoms with Crippen LogP contribution < -0.4 is 14.8 Å². The third-order valence-corrected chi connectivity index (χ3v) is 4.92. The molecule has 0 spiro atoms. The van der Waals surface area contributed by atoms with Gasteiger partial charge in [0.05, 0.1) is 11.4 Å². The highest BCUT2D eigenvalue weighted by molar-refractivity contribution is 7.92. The van der Waals surface area contributed by atoms with E-state index in [-0.39, 0.29) is 5.75 Å². The average molecular weight is 356 g/mol. The highest BCUT2D eigenvalue weighted by Crippen LogP contribution is 2.31. The van der Waals surface area contributed by atoms with E-state index in [1.54, 1.807) is 12.1 Å². The van der Waals surface area contributed by atoms with Gasteiger partial charge in [0.1, 0.15) is 5.75 Å². The fraction of sp³-hybridized carbons (Fsp3) is 0.588. The van der Waals surface area contributed by atoms with E-state index in [0.717, 1.165) is 24.0 Å². The van der Waals surface area contributed by atoms with Crippen LogP contribution in [0.4, 0.5) is 10.5 Å². The van der Waals surface area contributed by atoms with E-state index < -0.39 is 16.1 Å². The quantitative estimate of drug-likeness (QED) is 0.709. The van der Waals surface area contributed by atoms with Gasteiger partial charge in [0, 0.05) is 7.05 Å². The fourth-order valence-corrected chi connectivity index (χ4v) is 3.70. The number of nitrogens with one attached hydrogen (secondary N) is 2. The lowest BCUT2D eigenvalue weighted by molar-refractivity contribution is 0.203. The third kappa shape index (κ3) is 6.03. The standard InChI is InChI=1S/C17H28N2O4S/c1-5-8-13-11-15(23-17(20)18-4)12-14(9-6-2)16(13)19-24(21,22)10-7-3/h11-12,19H,5-10H2,1-4H3,(H,18,20). The van der Waals surface area contributed by atoms with Gasteiger partial charge >= 0.3 is 6.09 Å². The number of anilines is 1. The molecule has 0 saturated carbocycles. The number of aryl methyl sites for hydroxylation is 2. The van der Waals surface area contributed by atoms with Gasteiger partial charge in [0.25, 0.3) is 0 Å². The molecule has 1 aromatic rings. The van der Waals surface area contributed by atoms with Gasteiger partial charge in [0.2, 0.25) is 10.0 Å². The molecule has 0 heterocycles. The van der Waals surface area contributed by atoms with Crippen LogP contribution in [0, 0.1) is 0 Å². The molecular formula is C17H28N2O4S. The Labute approximate surface area is 145 Å². The molecule has 0 aliphatic heterocycles. The van der Waals surface area contributed by atoms with Crippen molar-refractivity contribution in [1.29, 1.82) is 0 Å². The summed E-state index contributed by atoms with van der Waals surface area (Å²) in [5.41, 5.74) is 2.33. The second kappa shape index (κ2) is 9.52. The second-order valence-electron chi connectivity index (χ2n) is 5.68. The molecule has 0 bridgehead atoms. The highest BCUT2D eigenvalue weighted by atomic mass is 32.2. The molecule has 0 saturated heterocycles. The molecule has 2 N–H and O–H groups in total. The summed E-state index contributed by atoms with van der Waals surface area (Å²) in [4.78, 5) is 11.5. The van der Waals surface area contributed by atoms with Gasteiger partial charge in [-0.3, -0.25) is 4.72 Å². The van der Waals surface area contributed by atoms with Crippen LogP contribution in [0.15, 0.2) is 12.1 Å². The number of benzene rings is 1. The highest BCUT2D eigenvalue weighted by Gasteiger charge is 2.17. The molecular weight excluding hydrogens is 328 g/mol. The third-order valence-electron chi connectivity index (χ3n) is 3.46. The van der Waals surface area contributed by atoms with Gasteiger partial charge in [-0.25, -0.2) is 13.2 Å². The zero-order valence-electron chi connectivity index (χ0n) is 14.9. The SMILES string of the molecule is CCCc1cc(OC(=O)NC)cc(CCC)c1NS(=O)(=O)CCC. The average Bonchev–Trinajstić information content (AvgIpc) is 2.50. The molecule has 1 amide bonds. The van der Waals surface area contributed by atoms with Crippen molar-refractivity contribution in [2.24, 2.45) is 0 Å². The van der Waals surface area contributed by atoms with Crippen LogP contribution in [-0.4, -0.2) is 27.3 Å². The van der Waals surface area contributed by atoms with Crippen molar-refractivity contribution in [1.82, 2.24) is 5.32 Å². The number of hydrogen-bond acceptors (Lipinski definition) is 4. The molecule has 0 aromatic heterocycles. The van der Waals surface area contributed by atoms with Crippen LogP contribution in [0.25, 0.3) is 0 Å². The lowest BCUT2D eigenvalue weighted by Gasteiger charge is -2.18. The molecule has 0 aliphatic rings. The molecule has 1 rings (SSSR count). The van der Waals surface area contributed by atoms with Crippen LogP contribution in [0.1, 0.15) is 51.2 Å². The summed E-state index contributed by atoms with van der Waals surface area (Å²) < 4.78 is 32.4. The monoisotopic (exact) mass is 356 g/mol. The number of amides is 1. The first kappa shape index (κ1) is 20.3. The fourth-order valence-electron chi connectivity index (χ4n) is 2.49. The van der Waals surface area contributed by atoms with E-state index in [9.17, 15) is 13.2 Å². The Morgan fingerprint density at radius 3 is 2.00 bits per heavy atom. The predicted octanol–water partition coefficient (Wildman–Crippen LogP) is 3.46. The van der Waals surface area contributed by atoms with Gasteiger partial charge in [-0.1, -0.05) is 33.6 Å². The first-order valence-electron chi connectivity index (χ1n) is 8.42. The number of carbonyl (C=O) groups excluding carboxylic acids is 1. The van der Waals surface area contributed by atoms with Gasteiger partial charge < -0.3 is 10.1 Å². The second-order valence-corrected chi connectivity index (χ2v) is 7.52. The largest absolute Gasteiger partial charge is 0.412 e. The Hall–Kier alpha value is -1.76. The lowest BCUT2D eigenvalue weighted by Crippen LogP contribution is -2.22. The van der Waals surface area contributed by atoms with Gasteiger partial charge in [0.15, 0.2) is 0 Å². The van der Waals surface area contributed by atoms with E-state index in [0.29, 0.717) is 30.7 Å². The van der Waals surface area contributed by atoms with Crippen molar-refractivity contribution in [3.8, 4) is 5.75 Å². The van der Waals surface area contributed by atoms with Crippen molar-refractivity contribution in [3.63, 3.8) is 0 Å². The Bertz CT molecular complexity index is 630. The van der Waals surface area contributed by atoms with Crippen molar-refractivity contribution in [2.45, 2.75) is 52.9 Å². The van der Waals surface area contributed by atoms with Crippen LogP contribution in [0.3, 0.4) is 0 Å². The van der Waals surface area contributed by atoms with Crippen molar-refractivity contribution in [2.75, 3.05) is 17.5 Å². The van der Waals surface area contributed by atoms with E-state index in [1.807, 2.05) is 20.8 Å². The molecule has 24 heavy (non-hydrogen) atoms. The maximum absolute atomic E-state index is 12.2. The summed E-state index contributed by atoms with van der Waals surface area (Å²) in [7, 11) is -1.88. The topological polar surface area (TPSA) is 84.5 Å². The zero-order valence-corrected chi connectivity index (χ0v) is 15.8. The summed E-state index contributed by atoms with van der Waals surface area (Å²) >= 11 is 0. The summed E-state index contributed by atoms with van der Waals surface area (Å²) in [6.45, 7) is 5.88. The van der Waals surface area contributed by atoms with Gasteiger partial charge in [-0.05, 0) is 42.5 Å². The molecule has 0 radical (unpaired) electrons. The van der Waals surface area contributed by atoms with E-state index in [4.69, 9.17) is 4.74 Å². The minimum absolute atomic E-state index is 0.0840. The smallest absolute Gasteiger partial charge is 0.410 e. The molecule has 1 aromatic carbocycles. The number of ether oxygens (including phenoxy) is 1. The molecule has 0 aliphatic carbocycles. The predicted molar refractivity (Wildman–Crippen MR) is 97.2 cm³/mol.